The third kappa shape index (κ3) is 7.86. The Kier molecular flexibility index (Phi) is 9.77. The van der Waals surface area contributed by atoms with Crippen LogP contribution in [0.1, 0.15) is 68.8 Å². The number of piperidine rings is 1. The standard InChI is InChI=1S/C33H46N4O7S2/c1-33(2,3)44-32(39)36-21-24(22-36)19-23-9-14-30(35(4)45(5,40)41)29(20-23)31(38)34-27-10-12-28(13-11-27)46(42,43)37-17-15-26(16-18-37)25-7-6-8-25/h9-14,20,24-26H,6-8,15-19,21-22H2,1-5H3,(H,34,38). The molecule has 3 aliphatic rings. The number of hydrogen-bond acceptors (Lipinski definition) is 7. The van der Waals surface area contributed by atoms with Crippen LogP contribution in [0.15, 0.2) is 47.4 Å². The number of rotatable bonds is 9. The van der Waals surface area contributed by atoms with Gasteiger partial charge in [0.15, 0.2) is 0 Å². The minimum atomic E-state index is -3.66. The molecule has 0 atom stereocenters. The molecule has 252 valence electrons. The first-order chi connectivity index (χ1) is 21.5. The average Bonchev–Trinajstić information content (AvgIpc) is 2.92. The van der Waals surface area contributed by atoms with Crippen LogP contribution in [0.5, 0.6) is 0 Å². The Morgan fingerprint density at radius 2 is 1.54 bits per heavy atom. The summed E-state index contributed by atoms with van der Waals surface area (Å²) < 4.78 is 59.5. The van der Waals surface area contributed by atoms with Crippen LogP contribution in [0, 0.1) is 17.8 Å². The molecule has 1 aliphatic carbocycles. The van der Waals surface area contributed by atoms with E-state index in [-0.39, 0.29) is 28.2 Å². The summed E-state index contributed by atoms with van der Waals surface area (Å²) in [4.78, 5) is 27.7. The van der Waals surface area contributed by atoms with Gasteiger partial charge < -0.3 is 15.0 Å². The Labute approximate surface area is 273 Å². The average molecular weight is 675 g/mol. The SMILES string of the molecule is CN(c1ccc(CC2CN(C(=O)OC(C)(C)C)C2)cc1C(=O)Nc1ccc(S(=O)(=O)N2CCC(C3CCC3)CC2)cc1)S(C)(=O)=O. The van der Waals surface area contributed by atoms with Crippen LogP contribution in [-0.4, -0.2) is 83.1 Å². The monoisotopic (exact) mass is 674 g/mol. The molecule has 11 nitrogen and oxygen atoms in total. The zero-order valence-corrected chi connectivity index (χ0v) is 29.0. The second-order valence-electron chi connectivity index (χ2n) is 13.9. The molecule has 2 aromatic carbocycles. The van der Waals surface area contributed by atoms with Gasteiger partial charge in [0.2, 0.25) is 20.0 Å². The van der Waals surface area contributed by atoms with Gasteiger partial charge in [-0.05, 0) is 99.7 Å². The van der Waals surface area contributed by atoms with Crippen molar-refractivity contribution in [2.75, 3.05) is 49.1 Å². The highest BCUT2D eigenvalue weighted by Crippen LogP contribution is 2.39. The third-order valence-corrected chi connectivity index (χ3v) is 12.4. The van der Waals surface area contributed by atoms with E-state index >= 15 is 0 Å². The highest BCUT2D eigenvalue weighted by Gasteiger charge is 2.35. The number of amides is 2. The number of likely N-dealkylation sites (tertiary alicyclic amines) is 1. The molecule has 1 saturated carbocycles. The largest absolute Gasteiger partial charge is 0.444 e. The lowest BCUT2D eigenvalue weighted by Gasteiger charge is -2.40. The van der Waals surface area contributed by atoms with Crippen LogP contribution in [0.2, 0.25) is 0 Å². The highest BCUT2D eigenvalue weighted by molar-refractivity contribution is 7.92. The highest BCUT2D eigenvalue weighted by atomic mass is 32.2. The van der Waals surface area contributed by atoms with E-state index in [1.807, 2.05) is 20.8 Å². The fourth-order valence-electron chi connectivity index (χ4n) is 6.41. The zero-order valence-electron chi connectivity index (χ0n) is 27.4. The van der Waals surface area contributed by atoms with Gasteiger partial charge in [0, 0.05) is 38.9 Å². The third-order valence-electron chi connectivity index (χ3n) is 9.34. The number of hydrogen-bond donors (Lipinski definition) is 1. The summed E-state index contributed by atoms with van der Waals surface area (Å²) in [7, 11) is -5.92. The Hall–Kier alpha value is -3.16. The summed E-state index contributed by atoms with van der Waals surface area (Å²) in [5.41, 5.74) is 1.02. The lowest BCUT2D eigenvalue weighted by Crippen LogP contribution is -2.52. The summed E-state index contributed by atoms with van der Waals surface area (Å²) in [6.07, 6.45) is 6.88. The normalized spacial score (nSPS) is 18.8. The van der Waals surface area contributed by atoms with Gasteiger partial charge in [-0.3, -0.25) is 9.10 Å². The Bertz CT molecular complexity index is 1650. The van der Waals surface area contributed by atoms with E-state index in [1.165, 1.54) is 38.4 Å². The molecule has 0 radical (unpaired) electrons. The molecule has 0 aromatic heterocycles. The molecule has 2 amide bonds. The van der Waals surface area contributed by atoms with Gasteiger partial charge in [0.05, 0.1) is 22.4 Å². The second-order valence-corrected chi connectivity index (χ2v) is 17.9. The number of nitrogens with zero attached hydrogens (tertiary/aromatic N) is 3. The van der Waals surface area contributed by atoms with Crippen molar-refractivity contribution >= 4 is 43.4 Å². The fraction of sp³-hybridized carbons (Fsp3) is 0.576. The minimum Gasteiger partial charge on any atom is -0.444 e. The molecular formula is C33H46N4O7S2. The molecule has 13 heteroatoms. The number of sulfonamides is 2. The summed E-state index contributed by atoms with van der Waals surface area (Å²) in [6, 6.07) is 11.2. The maximum atomic E-state index is 13.6. The maximum Gasteiger partial charge on any atom is 0.410 e. The lowest BCUT2D eigenvalue weighted by molar-refractivity contribution is -0.000887. The molecule has 46 heavy (non-hydrogen) atoms. The van der Waals surface area contributed by atoms with E-state index in [9.17, 15) is 26.4 Å². The van der Waals surface area contributed by atoms with Crippen LogP contribution >= 0.6 is 0 Å². The zero-order chi connectivity index (χ0) is 33.4. The van der Waals surface area contributed by atoms with Crippen LogP contribution in [-0.2, 0) is 31.2 Å². The molecule has 2 aliphatic heterocycles. The van der Waals surface area contributed by atoms with E-state index < -0.39 is 31.6 Å². The van der Waals surface area contributed by atoms with E-state index in [4.69, 9.17) is 4.74 Å². The molecule has 0 spiro atoms. The molecule has 3 fully saturated rings. The summed E-state index contributed by atoms with van der Waals surface area (Å²) >= 11 is 0. The van der Waals surface area contributed by atoms with E-state index in [2.05, 4.69) is 5.32 Å². The van der Waals surface area contributed by atoms with Gasteiger partial charge in [-0.15, -0.1) is 0 Å². The summed E-state index contributed by atoms with van der Waals surface area (Å²) in [6.45, 7) is 7.55. The summed E-state index contributed by atoms with van der Waals surface area (Å²) in [5, 5.41) is 2.81. The first-order valence-electron chi connectivity index (χ1n) is 16.0. The first-order valence-corrected chi connectivity index (χ1v) is 19.3. The molecule has 2 aromatic rings. The van der Waals surface area contributed by atoms with Crippen LogP contribution in [0.4, 0.5) is 16.2 Å². The number of ether oxygens (including phenoxy) is 1. The van der Waals surface area contributed by atoms with Gasteiger partial charge in [-0.1, -0.05) is 25.3 Å². The van der Waals surface area contributed by atoms with Gasteiger partial charge in [-0.2, -0.15) is 4.31 Å². The van der Waals surface area contributed by atoms with E-state index in [1.54, 1.807) is 39.5 Å². The van der Waals surface area contributed by atoms with Crippen molar-refractivity contribution in [2.45, 2.75) is 69.8 Å². The molecule has 2 heterocycles. The molecular weight excluding hydrogens is 629 g/mol. The molecule has 2 saturated heterocycles. The van der Waals surface area contributed by atoms with Crippen LogP contribution in [0.25, 0.3) is 0 Å². The number of benzene rings is 2. The smallest absolute Gasteiger partial charge is 0.410 e. The van der Waals surface area contributed by atoms with Crippen LogP contribution < -0.4 is 9.62 Å². The molecule has 0 bridgehead atoms. The van der Waals surface area contributed by atoms with Crippen molar-refractivity contribution in [1.82, 2.24) is 9.21 Å². The Balaban J connectivity index is 1.26. The maximum absolute atomic E-state index is 13.6. The minimum absolute atomic E-state index is 0.166. The van der Waals surface area contributed by atoms with Crippen molar-refractivity contribution in [1.29, 1.82) is 0 Å². The summed E-state index contributed by atoms with van der Waals surface area (Å²) in [5.74, 6) is 1.01. The molecule has 0 unspecified atom stereocenters. The van der Waals surface area contributed by atoms with E-state index in [0.29, 0.717) is 44.2 Å². The van der Waals surface area contributed by atoms with Crippen molar-refractivity contribution in [3.63, 3.8) is 0 Å². The first kappa shape index (κ1) is 34.2. The number of anilines is 2. The topological polar surface area (TPSA) is 133 Å². The fourth-order valence-corrected chi connectivity index (χ4v) is 8.40. The number of carbonyl (C=O) groups excluding carboxylic acids is 2. The van der Waals surface area contributed by atoms with Gasteiger partial charge >= 0.3 is 6.09 Å². The Morgan fingerprint density at radius 3 is 2.09 bits per heavy atom. The number of carbonyl (C=O) groups is 2. The number of nitrogens with one attached hydrogen (secondary N) is 1. The second kappa shape index (κ2) is 13.2. The van der Waals surface area contributed by atoms with Gasteiger partial charge in [0.1, 0.15) is 5.60 Å². The quantitative estimate of drug-likeness (QED) is 0.398. The van der Waals surface area contributed by atoms with Crippen molar-refractivity contribution < 1.29 is 31.2 Å². The molecule has 1 N–H and O–H groups in total. The van der Waals surface area contributed by atoms with Gasteiger partial charge in [-0.25, -0.2) is 21.6 Å². The van der Waals surface area contributed by atoms with Crippen molar-refractivity contribution in [3.05, 3.63) is 53.6 Å². The lowest BCUT2D eigenvalue weighted by atomic mass is 9.72. The van der Waals surface area contributed by atoms with Crippen molar-refractivity contribution in [3.8, 4) is 0 Å². The Morgan fingerprint density at radius 1 is 0.935 bits per heavy atom. The van der Waals surface area contributed by atoms with Crippen molar-refractivity contribution in [2.24, 2.45) is 17.8 Å². The predicted molar refractivity (Wildman–Crippen MR) is 178 cm³/mol. The molecule has 5 rings (SSSR count). The van der Waals surface area contributed by atoms with E-state index in [0.717, 1.165) is 34.9 Å². The van der Waals surface area contributed by atoms with Crippen LogP contribution in [0.3, 0.4) is 0 Å². The predicted octanol–water partition coefficient (Wildman–Crippen LogP) is 4.94. The van der Waals surface area contributed by atoms with Gasteiger partial charge in [0.25, 0.3) is 5.91 Å².